The SMILES string of the molecule is O=C(O)C(F)(F)F.O=C(c1ccccn1)N1CC[C@@H]2[C@@H](CO[C@H]2CNc2ncccn2)C1. The van der Waals surface area contributed by atoms with Gasteiger partial charge in [-0.15, -0.1) is 0 Å². The Labute approximate surface area is 181 Å². The van der Waals surface area contributed by atoms with Crippen molar-refractivity contribution in [1.82, 2.24) is 19.9 Å². The lowest BCUT2D eigenvalue weighted by atomic mass is 9.84. The highest BCUT2D eigenvalue weighted by Gasteiger charge is 2.42. The lowest BCUT2D eigenvalue weighted by Gasteiger charge is -2.35. The molecule has 3 atom stereocenters. The Bertz CT molecular complexity index is 901. The van der Waals surface area contributed by atoms with Crippen molar-refractivity contribution in [3.8, 4) is 0 Å². The zero-order valence-electron chi connectivity index (χ0n) is 16.9. The van der Waals surface area contributed by atoms with Gasteiger partial charge in [-0.25, -0.2) is 14.8 Å². The summed E-state index contributed by atoms with van der Waals surface area (Å²) in [4.78, 5) is 35.9. The maximum atomic E-state index is 12.6. The molecule has 1 amide bonds. The number of aliphatic carboxylic acids is 1. The number of nitrogens with zero attached hydrogens (tertiary/aromatic N) is 4. The molecule has 0 spiro atoms. The third-order valence-corrected chi connectivity index (χ3v) is 5.24. The van der Waals surface area contributed by atoms with Crippen molar-refractivity contribution in [3.05, 3.63) is 48.5 Å². The molecule has 2 aromatic rings. The van der Waals surface area contributed by atoms with Crippen molar-refractivity contribution in [2.24, 2.45) is 11.8 Å². The van der Waals surface area contributed by atoms with Crippen LogP contribution >= 0.6 is 0 Å². The number of nitrogens with one attached hydrogen (secondary N) is 1. The first-order valence-corrected chi connectivity index (χ1v) is 9.88. The maximum Gasteiger partial charge on any atom is 0.490 e. The van der Waals surface area contributed by atoms with Gasteiger partial charge in [0.25, 0.3) is 5.91 Å². The molecule has 4 heterocycles. The van der Waals surface area contributed by atoms with Crippen LogP contribution in [-0.4, -0.2) is 75.4 Å². The molecule has 0 bridgehead atoms. The van der Waals surface area contributed by atoms with Gasteiger partial charge in [-0.05, 0) is 30.5 Å². The molecular weight excluding hydrogens is 431 g/mol. The maximum absolute atomic E-state index is 12.6. The highest BCUT2D eigenvalue weighted by Crippen LogP contribution is 2.34. The van der Waals surface area contributed by atoms with Crippen molar-refractivity contribution in [2.75, 3.05) is 31.6 Å². The molecule has 2 fully saturated rings. The summed E-state index contributed by atoms with van der Waals surface area (Å²) >= 11 is 0. The number of aromatic nitrogens is 3. The van der Waals surface area contributed by atoms with E-state index in [1.165, 1.54) is 0 Å². The van der Waals surface area contributed by atoms with Crippen molar-refractivity contribution in [3.63, 3.8) is 0 Å². The molecule has 0 radical (unpaired) electrons. The van der Waals surface area contributed by atoms with E-state index in [0.717, 1.165) is 19.5 Å². The second kappa shape index (κ2) is 10.4. The molecule has 2 aromatic heterocycles. The van der Waals surface area contributed by atoms with Crippen LogP contribution in [0.15, 0.2) is 42.9 Å². The van der Waals surface area contributed by atoms with E-state index in [1.54, 1.807) is 30.7 Å². The smallest absolute Gasteiger partial charge is 0.475 e. The van der Waals surface area contributed by atoms with E-state index in [2.05, 4.69) is 20.3 Å². The predicted octanol–water partition coefficient (Wildman–Crippen LogP) is 2.09. The quantitative estimate of drug-likeness (QED) is 0.723. The third kappa shape index (κ3) is 6.13. The second-order valence-corrected chi connectivity index (χ2v) is 7.31. The van der Waals surface area contributed by atoms with Gasteiger partial charge < -0.3 is 20.1 Å². The van der Waals surface area contributed by atoms with Crippen LogP contribution in [0.4, 0.5) is 19.1 Å². The number of rotatable bonds is 4. The number of hydrogen-bond acceptors (Lipinski definition) is 7. The second-order valence-electron chi connectivity index (χ2n) is 7.31. The fourth-order valence-corrected chi connectivity index (χ4v) is 3.72. The molecule has 2 N–H and O–H groups in total. The Morgan fingerprint density at radius 1 is 1.16 bits per heavy atom. The lowest BCUT2D eigenvalue weighted by Crippen LogP contribution is -2.45. The van der Waals surface area contributed by atoms with Gasteiger partial charge in [-0.2, -0.15) is 13.2 Å². The first-order chi connectivity index (χ1) is 15.3. The topological polar surface area (TPSA) is 118 Å². The summed E-state index contributed by atoms with van der Waals surface area (Å²) in [7, 11) is 0. The summed E-state index contributed by atoms with van der Waals surface area (Å²) in [6, 6.07) is 7.23. The Kier molecular flexibility index (Phi) is 7.57. The van der Waals surface area contributed by atoms with Crippen LogP contribution < -0.4 is 5.32 Å². The molecule has 2 aliphatic rings. The number of piperidine rings is 1. The largest absolute Gasteiger partial charge is 0.490 e. The Hall–Kier alpha value is -3.28. The van der Waals surface area contributed by atoms with E-state index in [1.807, 2.05) is 17.0 Å². The van der Waals surface area contributed by atoms with E-state index in [0.29, 0.717) is 36.6 Å². The van der Waals surface area contributed by atoms with E-state index < -0.39 is 12.1 Å². The van der Waals surface area contributed by atoms with E-state index in [9.17, 15) is 18.0 Å². The number of anilines is 1. The number of carboxylic acid groups (broad SMARTS) is 1. The van der Waals surface area contributed by atoms with Crippen LogP contribution in [-0.2, 0) is 9.53 Å². The van der Waals surface area contributed by atoms with Crippen molar-refractivity contribution < 1.29 is 32.6 Å². The average molecular weight is 453 g/mol. The lowest BCUT2D eigenvalue weighted by molar-refractivity contribution is -0.192. The zero-order chi connectivity index (χ0) is 23.1. The van der Waals surface area contributed by atoms with Crippen molar-refractivity contribution in [2.45, 2.75) is 18.7 Å². The highest BCUT2D eigenvalue weighted by atomic mass is 19.4. The minimum Gasteiger partial charge on any atom is -0.475 e. The van der Waals surface area contributed by atoms with Gasteiger partial charge in [0, 0.05) is 44.1 Å². The monoisotopic (exact) mass is 453 g/mol. The number of halogens is 3. The van der Waals surface area contributed by atoms with Gasteiger partial charge in [0.15, 0.2) is 0 Å². The first-order valence-electron chi connectivity index (χ1n) is 9.88. The van der Waals surface area contributed by atoms with Gasteiger partial charge >= 0.3 is 12.1 Å². The van der Waals surface area contributed by atoms with Gasteiger partial charge in [0.05, 0.1) is 12.7 Å². The molecule has 172 valence electrons. The number of fused-ring (bicyclic) bond motifs is 1. The molecule has 0 unspecified atom stereocenters. The molecule has 2 aliphatic heterocycles. The zero-order valence-corrected chi connectivity index (χ0v) is 16.9. The molecule has 0 saturated carbocycles. The van der Waals surface area contributed by atoms with Crippen LogP contribution in [0.25, 0.3) is 0 Å². The normalized spacial score (nSPS) is 22.3. The third-order valence-electron chi connectivity index (χ3n) is 5.24. The number of carbonyl (C=O) groups is 2. The Morgan fingerprint density at radius 2 is 1.84 bits per heavy atom. The standard InChI is InChI=1S/C18H21N5O2.C2HF3O2/c24-17(15-4-1-2-6-19-15)23-9-5-14-13(11-23)12-25-16(14)10-22-18-20-7-3-8-21-18;3-2(4,5)1(6)7/h1-4,6-8,13-14,16H,5,9-12H2,(H,20,21,22);(H,6,7)/t13-,14-,16+;/m1./s1. The Balaban J connectivity index is 0.000000360. The fourth-order valence-electron chi connectivity index (χ4n) is 3.72. The number of hydrogen-bond donors (Lipinski definition) is 2. The minimum absolute atomic E-state index is 0.0123. The number of pyridine rings is 1. The number of alkyl halides is 3. The summed E-state index contributed by atoms with van der Waals surface area (Å²) < 4.78 is 37.7. The van der Waals surface area contributed by atoms with Crippen LogP contribution in [0, 0.1) is 11.8 Å². The van der Waals surface area contributed by atoms with Crippen molar-refractivity contribution >= 4 is 17.8 Å². The number of carbonyl (C=O) groups excluding carboxylic acids is 1. The molecule has 0 aliphatic carbocycles. The minimum atomic E-state index is -5.08. The first kappa shape index (κ1) is 23.4. The molecular formula is C20H22F3N5O4. The highest BCUT2D eigenvalue weighted by molar-refractivity contribution is 5.92. The number of carboxylic acids is 1. The summed E-state index contributed by atoms with van der Waals surface area (Å²) in [6.45, 7) is 2.87. The molecule has 32 heavy (non-hydrogen) atoms. The molecule has 9 nitrogen and oxygen atoms in total. The van der Waals surface area contributed by atoms with Crippen LogP contribution in [0.2, 0.25) is 0 Å². The Morgan fingerprint density at radius 3 is 2.47 bits per heavy atom. The predicted molar refractivity (Wildman–Crippen MR) is 106 cm³/mol. The number of amides is 1. The summed E-state index contributed by atoms with van der Waals surface area (Å²) in [5, 5.41) is 10.4. The number of likely N-dealkylation sites (tertiary alicyclic amines) is 1. The molecule has 2 saturated heterocycles. The summed E-state index contributed by atoms with van der Waals surface area (Å²) in [5.41, 5.74) is 0.513. The van der Waals surface area contributed by atoms with Gasteiger partial charge in [-0.1, -0.05) is 6.07 Å². The summed E-state index contributed by atoms with van der Waals surface area (Å²) in [6.07, 6.45) is 1.10. The summed E-state index contributed by atoms with van der Waals surface area (Å²) in [5.74, 6) is -1.28. The van der Waals surface area contributed by atoms with E-state index >= 15 is 0 Å². The van der Waals surface area contributed by atoms with Gasteiger partial charge in [-0.3, -0.25) is 9.78 Å². The fraction of sp³-hybridized carbons (Fsp3) is 0.450. The van der Waals surface area contributed by atoms with Crippen molar-refractivity contribution in [1.29, 1.82) is 0 Å². The molecule has 0 aromatic carbocycles. The average Bonchev–Trinajstić information content (AvgIpc) is 3.20. The van der Waals surface area contributed by atoms with E-state index in [4.69, 9.17) is 14.6 Å². The van der Waals surface area contributed by atoms with Gasteiger partial charge in [0.2, 0.25) is 5.95 Å². The van der Waals surface area contributed by atoms with Crippen LogP contribution in [0.1, 0.15) is 16.9 Å². The number of ether oxygens (including phenoxy) is 1. The molecule has 4 rings (SSSR count). The van der Waals surface area contributed by atoms with Crippen LogP contribution in [0.5, 0.6) is 0 Å². The molecule has 12 heteroatoms. The van der Waals surface area contributed by atoms with Gasteiger partial charge in [0.1, 0.15) is 5.69 Å². The van der Waals surface area contributed by atoms with E-state index in [-0.39, 0.29) is 12.0 Å². The van der Waals surface area contributed by atoms with Crippen LogP contribution in [0.3, 0.4) is 0 Å².